The molecule has 0 radical (unpaired) electrons. The van der Waals surface area contributed by atoms with Crippen LogP contribution < -0.4 is 0 Å². The van der Waals surface area contributed by atoms with Crippen molar-refractivity contribution in [2.75, 3.05) is 13.7 Å². The lowest BCUT2D eigenvalue weighted by Gasteiger charge is -2.45. The average molecular weight is 207 g/mol. The summed E-state index contributed by atoms with van der Waals surface area (Å²) >= 11 is 0. The van der Waals surface area contributed by atoms with Gasteiger partial charge in [-0.2, -0.15) is 0 Å². The van der Waals surface area contributed by atoms with E-state index >= 15 is 0 Å². The summed E-state index contributed by atoms with van der Waals surface area (Å²) in [4.78, 5) is 13.3. The lowest BCUT2D eigenvalue weighted by atomic mass is 9.92. The first-order chi connectivity index (χ1) is 7.29. The Balaban J connectivity index is 2.20. The Morgan fingerprint density at radius 3 is 3.07 bits per heavy atom. The molecule has 0 saturated carbocycles. The molecule has 1 aromatic rings. The summed E-state index contributed by atoms with van der Waals surface area (Å²) in [6.07, 6.45) is 4.55. The van der Waals surface area contributed by atoms with Gasteiger partial charge in [0.2, 0.25) is 0 Å². The van der Waals surface area contributed by atoms with Gasteiger partial charge in [0.05, 0.1) is 18.6 Å². The maximum absolute atomic E-state index is 11.6. The summed E-state index contributed by atoms with van der Waals surface area (Å²) in [5.41, 5.74) is 0.961. The van der Waals surface area contributed by atoms with Crippen LogP contribution in [0.15, 0.2) is 35.7 Å². The molecule has 0 aliphatic carbocycles. The Kier molecular flexibility index (Phi) is 2.60. The van der Waals surface area contributed by atoms with Crippen molar-refractivity contribution in [3.8, 4) is 0 Å². The van der Waals surface area contributed by atoms with Crippen molar-refractivity contribution in [1.29, 1.82) is 0 Å². The summed E-state index contributed by atoms with van der Waals surface area (Å²) in [5.74, 6) is 0.00333. The van der Waals surface area contributed by atoms with Crippen LogP contribution in [-0.4, -0.2) is 30.6 Å². The second-order valence-electron chi connectivity index (χ2n) is 3.44. The third-order valence-corrected chi connectivity index (χ3v) is 2.61. The molecule has 80 valence electrons. The molecule has 0 aromatic carbocycles. The molecule has 1 aromatic heterocycles. The first-order valence-electron chi connectivity index (χ1n) is 4.76. The van der Waals surface area contributed by atoms with E-state index in [1.807, 2.05) is 6.07 Å². The normalized spacial score (nSPS) is 25.1. The minimum absolute atomic E-state index is 0.00333. The van der Waals surface area contributed by atoms with E-state index in [9.17, 15) is 4.79 Å². The van der Waals surface area contributed by atoms with Gasteiger partial charge in [0, 0.05) is 19.2 Å². The van der Waals surface area contributed by atoms with Gasteiger partial charge in [0.15, 0.2) is 6.10 Å². The van der Waals surface area contributed by atoms with Gasteiger partial charge in [-0.1, -0.05) is 6.08 Å². The van der Waals surface area contributed by atoms with Crippen LogP contribution in [0.2, 0.25) is 0 Å². The van der Waals surface area contributed by atoms with Gasteiger partial charge in [-0.05, 0) is 6.07 Å². The van der Waals surface area contributed by atoms with E-state index < -0.39 is 0 Å². The molecule has 1 aliphatic heterocycles. The maximum atomic E-state index is 11.6. The number of ether oxygens (including phenoxy) is 1. The third-order valence-electron chi connectivity index (χ3n) is 2.61. The summed E-state index contributed by atoms with van der Waals surface area (Å²) < 4.78 is 10.2. The van der Waals surface area contributed by atoms with Gasteiger partial charge in [0.25, 0.3) is 5.91 Å². The predicted octanol–water partition coefficient (Wildman–Crippen LogP) is 1.36. The zero-order valence-electron chi connectivity index (χ0n) is 8.55. The first kappa shape index (κ1) is 9.98. The summed E-state index contributed by atoms with van der Waals surface area (Å²) in [6.45, 7) is 4.16. The number of furan rings is 1. The molecule has 15 heavy (non-hydrogen) atoms. The predicted molar refractivity (Wildman–Crippen MR) is 54.2 cm³/mol. The van der Waals surface area contributed by atoms with Crippen LogP contribution in [0.25, 0.3) is 0 Å². The number of β-lactam (4-membered cyclic amide) rings is 1. The van der Waals surface area contributed by atoms with Gasteiger partial charge in [0.1, 0.15) is 0 Å². The molecule has 4 nitrogen and oxygen atoms in total. The summed E-state index contributed by atoms with van der Waals surface area (Å²) in [7, 11) is 1.54. The number of likely N-dealkylation sites (tertiary alicyclic amines) is 1. The topological polar surface area (TPSA) is 42.7 Å². The quantitative estimate of drug-likeness (QED) is 0.553. The monoisotopic (exact) mass is 207 g/mol. The molecule has 4 heteroatoms. The second-order valence-corrected chi connectivity index (χ2v) is 3.44. The lowest BCUT2D eigenvalue weighted by molar-refractivity contribution is -0.169. The molecule has 1 aliphatic rings. The van der Waals surface area contributed by atoms with Gasteiger partial charge < -0.3 is 14.1 Å². The SMILES string of the molecule is C=CCN1C(=O)[C@H](OC)[C@H]1c1ccoc1. The fourth-order valence-electron chi connectivity index (χ4n) is 1.89. The van der Waals surface area contributed by atoms with Crippen molar-refractivity contribution in [3.05, 3.63) is 36.8 Å². The molecule has 1 amide bonds. The van der Waals surface area contributed by atoms with Gasteiger partial charge in [-0.15, -0.1) is 6.58 Å². The fraction of sp³-hybridized carbons (Fsp3) is 0.364. The highest BCUT2D eigenvalue weighted by atomic mass is 16.5. The largest absolute Gasteiger partial charge is 0.472 e. The number of rotatable bonds is 4. The molecule has 2 atom stereocenters. The number of nitrogens with zero attached hydrogens (tertiary/aromatic N) is 1. The Morgan fingerprint density at radius 1 is 1.73 bits per heavy atom. The van der Waals surface area contributed by atoms with Gasteiger partial charge in [-0.25, -0.2) is 0 Å². The number of carbonyl (C=O) groups excluding carboxylic acids is 1. The number of hydrogen-bond acceptors (Lipinski definition) is 3. The van der Waals surface area contributed by atoms with Crippen molar-refractivity contribution in [3.63, 3.8) is 0 Å². The maximum Gasteiger partial charge on any atom is 0.255 e. The molecule has 0 unspecified atom stereocenters. The van der Waals surface area contributed by atoms with E-state index in [1.165, 1.54) is 0 Å². The van der Waals surface area contributed by atoms with Crippen LogP contribution in [0.1, 0.15) is 11.6 Å². The Morgan fingerprint density at radius 2 is 2.53 bits per heavy atom. The molecule has 1 fully saturated rings. The molecular formula is C11H13NO3. The second kappa shape index (κ2) is 3.90. The Labute approximate surface area is 88.1 Å². The number of amides is 1. The van der Waals surface area contributed by atoms with E-state index in [0.717, 1.165) is 5.56 Å². The van der Waals surface area contributed by atoms with Crippen molar-refractivity contribution in [2.24, 2.45) is 0 Å². The summed E-state index contributed by atoms with van der Waals surface area (Å²) in [5, 5.41) is 0. The van der Waals surface area contributed by atoms with Crippen molar-refractivity contribution in [1.82, 2.24) is 4.90 Å². The lowest BCUT2D eigenvalue weighted by Crippen LogP contribution is -2.59. The Hall–Kier alpha value is -1.55. The molecule has 2 rings (SSSR count). The highest BCUT2D eigenvalue weighted by Crippen LogP contribution is 2.36. The first-order valence-corrected chi connectivity index (χ1v) is 4.76. The highest BCUT2D eigenvalue weighted by Gasteiger charge is 2.48. The molecule has 0 spiro atoms. The van der Waals surface area contributed by atoms with Crippen LogP contribution in [0, 0.1) is 0 Å². The van der Waals surface area contributed by atoms with Crippen LogP contribution >= 0.6 is 0 Å². The summed E-state index contributed by atoms with van der Waals surface area (Å²) in [6, 6.07) is 1.80. The van der Waals surface area contributed by atoms with Crippen molar-refractivity contribution < 1.29 is 13.9 Å². The average Bonchev–Trinajstić information content (AvgIpc) is 2.74. The van der Waals surface area contributed by atoms with E-state index in [2.05, 4.69) is 6.58 Å². The number of hydrogen-bond donors (Lipinski definition) is 0. The third kappa shape index (κ3) is 1.47. The van der Waals surface area contributed by atoms with E-state index in [0.29, 0.717) is 6.54 Å². The smallest absolute Gasteiger partial charge is 0.255 e. The molecule has 1 saturated heterocycles. The molecule has 0 bridgehead atoms. The van der Waals surface area contributed by atoms with Gasteiger partial charge in [-0.3, -0.25) is 4.79 Å². The van der Waals surface area contributed by atoms with Crippen LogP contribution in [0.4, 0.5) is 0 Å². The standard InChI is InChI=1S/C11H13NO3/c1-3-5-12-9(8-4-6-15-7-8)10(14-2)11(12)13/h3-4,6-7,9-10H,1,5H2,2H3/t9-,10-/m1/s1. The number of methoxy groups -OCH3 is 1. The van der Waals surface area contributed by atoms with E-state index in [4.69, 9.17) is 9.15 Å². The zero-order valence-corrected chi connectivity index (χ0v) is 8.55. The molecule has 2 heterocycles. The minimum atomic E-state index is -0.387. The number of carbonyl (C=O) groups is 1. The fourth-order valence-corrected chi connectivity index (χ4v) is 1.89. The van der Waals surface area contributed by atoms with E-state index in [1.54, 1.807) is 30.6 Å². The van der Waals surface area contributed by atoms with Crippen molar-refractivity contribution >= 4 is 5.91 Å². The zero-order chi connectivity index (χ0) is 10.8. The van der Waals surface area contributed by atoms with Gasteiger partial charge >= 0.3 is 0 Å². The molecule has 0 N–H and O–H groups in total. The van der Waals surface area contributed by atoms with Crippen LogP contribution in [0.5, 0.6) is 0 Å². The molecular weight excluding hydrogens is 194 g/mol. The minimum Gasteiger partial charge on any atom is -0.472 e. The Bertz CT molecular complexity index is 358. The van der Waals surface area contributed by atoms with Crippen LogP contribution in [0.3, 0.4) is 0 Å². The van der Waals surface area contributed by atoms with Crippen molar-refractivity contribution in [2.45, 2.75) is 12.1 Å². The van der Waals surface area contributed by atoms with Crippen LogP contribution in [-0.2, 0) is 9.53 Å². The highest BCUT2D eigenvalue weighted by molar-refractivity contribution is 5.89. The van der Waals surface area contributed by atoms with E-state index in [-0.39, 0.29) is 18.1 Å².